The van der Waals surface area contributed by atoms with Crippen LogP contribution in [0.15, 0.2) is 39.9 Å². The highest BCUT2D eigenvalue weighted by Gasteiger charge is 2.07. The zero-order valence-electron chi connectivity index (χ0n) is 8.07. The molecular formula is C10H8BrN3O2. The minimum Gasteiger partial charge on any atom is -0.492 e. The maximum absolute atomic E-state index is 11.4. The number of benzene rings is 1. The summed E-state index contributed by atoms with van der Waals surface area (Å²) in [5.74, 6) is -0.330. The van der Waals surface area contributed by atoms with Gasteiger partial charge in [0.15, 0.2) is 5.69 Å². The van der Waals surface area contributed by atoms with Crippen molar-refractivity contribution in [2.24, 2.45) is 0 Å². The van der Waals surface area contributed by atoms with Gasteiger partial charge in [0.25, 0.3) is 5.56 Å². The van der Waals surface area contributed by atoms with Gasteiger partial charge in [-0.05, 0) is 18.2 Å². The molecule has 0 saturated carbocycles. The van der Waals surface area contributed by atoms with Crippen LogP contribution in [0.3, 0.4) is 0 Å². The van der Waals surface area contributed by atoms with E-state index in [9.17, 15) is 9.90 Å². The maximum atomic E-state index is 11.4. The number of halogens is 1. The van der Waals surface area contributed by atoms with Crippen molar-refractivity contribution in [2.45, 2.75) is 0 Å². The van der Waals surface area contributed by atoms with Crippen molar-refractivity contribution in [3.63, 3.8) is 0 Å². The Morgan fingerprint density at radius 1 is 1.44 bits per heavy atom. The monoisotopic (exact) mass is 281 g/mol. The van der Waals surface area contributed by atoms with E-state index >= 15 is 0 Å². The molecule has 0 radical (unpaired) electrons. The first-order valence-corrected chi connectivity index (χ1v) is 5.25. The fourth-order valence-corrected chi connectivity index (χ4v) is 1.61. The predicted octanol–water partition coefficient (Wildman–Crippen LogP) is 1.98. The number of aromatic amines is 1. The third-order valence-electron chi connectivity index (χ3n) is 1.93. The van der Waals surface area contributed by atoms with E-state index in [4.69, 9.17) is 0 Å². The van der Waals surface area contributed by atoms with Gasteiger partial charge in [-0.25, -0.2) is 4.98 Å². The Bertz CT molecular complexity index is 568. The maximum Gasteiger partial charge on any atom is 0.278 e. The first-order chi connectivity index (χ1) is 7.66. The van der Waals surface area contributed by atoms with Crippen LogP contribution in [0.1, 0.15) is 0 Å². The molecule has 0 unspecified atom stereocenters. The molecule has 3 N–H and O–H groups in total. The van der Waals surface area contributed by atoms with Crippen molar-refractivity contribution in [3.8, 4) is 5.88 Å². The summed E-state index contributed by atoms with van der Waals surface area (Å²) in [6.45, 7) is 0. The van der Waals surface area contributed by atoms with Crippen molar-refractivity contribution in [1.82, 2.24) is 9.97 Å². The summed E-state index contributed by atoms with van der Waals surface area (Å²) in [6.07, 6.45) is 1.14. The van der Waals surface area contributed by atoms with Crippen molar-refractivity contribution in [1.29, 1.82) is 0 Å². The van der Waals surface area contributed by atoms with E-state index in [1.807, 2.05) is 12.1 Å². The van der Waals surface area contributed by atoms with Gasteiger partial charge >= 0.3 is 0 Å². The Morgan fingerprint density at radius 3 is 2.94 bits per heavy atom. The van der Waals surface area contributed by atoms with Gasteiger partial charge in [0.1, 0.15) is 0 Å². The van der Waals surface area contributed by atoms with Gasteiger partial charge in [0.2, 0.25) is 5.88 Å². The van der Waals surface area contributed by atoms with E-state index in [1.165, 1.54) is 0 Å². The van der Waals surface area contributed by atoms with Gasteiger partial charge < -0.3 is 15.4 Å². The van der Waals surface area contributed by atoms with Gasteiger partial charge in [-0.1, -0.05) is 22.0 Å². The van der Waals surface area contributed by atoms with Crippen LogP contribution in [-0.2, 0) is 0 Å². The van der Waals surface area contributed by atoms with E-state index < -0.39 is 5.56 Å². The molecule has 0 fully saturated rings. The largest absolute Gasteiger partial charge is 0.492 e. The number of rotatable bonds is 2. The van der Waals surface area contributed by atoms with Crippen LogP contribution in [0.2, 0.25) is 0 Å². The second-order valence-electron chi connectivity index (χ2n) is 3.07. The molecule has 0 spiro atoms. The molecule has 1 aromatic carbocycles. The molecule has 0 saturated heterocycles. The van der Waals surface area contributed by atoms with Crippen LogP contribution in [0.4, 0.5) is 11.4 Å². The highest BCUT2D eigenvalue weighted by molar-refractivity contribution is 9.10. The summed E-state index contributed by atoms with van der Waals surface area (Å²) >= 11 is 3.31. The molecule has 1 heterocycles. The Morgan fingerprint density at radius 2 is 2.25 bits per heavy atom. The molecule has 0 aliphatic heterocycles. The summed E-state index contributed by atoms with van der Waals surface area (Å²) < 4.78 is 0.873. The summed E-state index contributed by atoms with van der Waals surface area (Å²) in [5.41, 5.74) is 0.288. The highest BCUT2D eigenvalue weighted by atomic mass is 79.9. The van der Waals surface area contributed by atoms with Crippen molar-refractivity contribution >= 4 is 27.3 Å². The quantitative estimate of drug-likeness (QED) is 0.787. The summed E-state index contributed by atoms with van der Waals surface area (Å²) in [4.78, 5) is 17.4. The minimum absolute atomic E-state index is 0.0283. The smallest absolute Gasteiger partial charge is 0.278 e. The lowest BCUT2D eigenvalue weighted by Crippen LogP contribution is -2.11. The van der Waals surface area contributed by atoms with E-state index in [0.29, 0.717) is 5.69 Å². The topological polar surface area (TPSA) is 78.0 Å². The van der Waals surface area contributed by atoms with Gasteiger partial charge in [0, 0.05) is 10.2 Å². The Labute approximate surface area is 99.3 Å². The average Bonchev–Trinajstić information content (AvgIpc) is 2.24. The number of anilines is 2. The normalized spacial score (nSPS) is 10.1. The molecule has 0 aliphatic carbocycles. The van der Waals surface area contributed by atoms with Crippen molar-refractivity contribution in [2.75, 3.05) is 5.32 Å². The Kier molecular flexibility index (Phi) is 2.91. The molecule has 82 valence electrons. The minimum atomic E-state index is -0.424. The number of aromatic hydroxyl groups is 1. The molecule has 6 heteroatoms. The van der Waals surface area contributed by atoms with Crippen LogP contribution in [0.25, 0.3) is 0 Å². The molecule has 0 atom stereocenters. The SMILES string of the molecule is O=c1[nH]cnc(O)c1Nc1cccc(Br)c1. The van der Waals surface area contributed by atoms with Crippen LogP contribution in [0.5, 0.6) is 5.88 Å². The average molecular weight is 282 g/mol. The van der Waals surface area contributed by atoms with Gasteiger partial charge in [0.05, 0.1) is 6.33 Å². The molecule has 0 bridgehead atoms. The number of hydrogen-bond acceptors (Lipinski definition) is 4. The lowest BCUT2D eigenvalue weighted by atomic mass is 10.3. The molecule has 2 aromatic rings. The van der Waals surface area contributed by atoms with Crippen LogP contribution in [-0.4, -0.2) is 15.1 Å². The lowest BCUT2D eigenvalue weighted by Gasteiger charge is -2.06. The lowest BCUT2D eigenvalue weighted by molar-refractivity contribution is 0.454. The van der Waals surface area contributed by atoms with Crippen molar-refractivity contribution < 1.29 is 5.11 Å². The zero-order valence-corrected chi connectivity index (χ0v) is 9.65. The molecule has 16 heavy (non-hydrogen) atoms. The molecule has 0 amide bonds. The van der Waals surface area contributed by atoms with E-state index in [2.05, 4.69) is 31.2 Å². The summed E-state index contributed by atoms with van der Waals surface area (Å²) in [6, 6.07) is 7.23. The van der Waals surface area contributed by atoms with Gasteiger partial charge in [-0.3, -0.25) is 4.79 Å². The first-order valence-electron chi connectivity index (χ1n) is 4.46. The van der Waals surface area contributed by atoms with Crippen molar-refractivity contribution in [3.05, 3.63) is 45.4 Å². The number of hydrogen-bond donors (Lipinski definition) is 3. The zero-order chi connectivity index (χ0) is 11.5. The Hall–Kier alpha value is -1.82. The molecular weight excluding hydrogens is 274 g/mol. The number of nitrogens with one attached hydrogen (secondary N) is 2. The number of nitrogens with zero attached hydrogens (tertiary/aromatic N) is 1. The third kappa shape index (κ3) is 2.22. The standard InChI is InChI=1S/C10H8BrN3O2/c11-6-2-1-3-7(4-6)14-8-9(15)12-5-13-10(8)16/h1-5,14H,(H2,12,13,15,16). The van der Waals surface area contributed by atoms with Crippen LogP contribution < -0.4 is 10.9 Å². The number of aromatic nitrogens is 2. The second-order valence-corrected chi connectivity index (χ2v) is 3.98. The third-order valence-corrected chi connectivity index (χ3v) is 2.42. The fraction of sp³-hybridized carbons (Fsp3) is 0. The van der Waals surface area contributed by atoms with Gasteiger partial charge in [-0.15, -0.1) is 0 Å². The predicted molar refractivity (Wildman–Crippen MR) is 63.9 cm³/mol. The fourth-order valence-electron chi connectivity index (χ4n) is 1.21. The summed E-state index contributed by atoms with van der Waals surface area (Å²) in [7, 11) is 0. The summed E-state index contributed by atoms with van der Waals surface area (Å²) in [5, 5.41) is 12.2. The van der Waals surface area contributed by atoms with Gasteiger partial charge in [-0.2, -0.15) is 0 Å². The first kappa shape index (κ1) is 10.7. The molecule has 2 rings (SSSR count). The number of H-pyrrole nitrogens is 1. The molecule has 5 nitrogen and oxygen atoms in total. The van der Waals surface area contributed by atoms with E-state index in [1.54, 1.807) is 12.1 Å². The highest BCUT2D eigenvalue weighted by Crippen LogP contribution is 2.22. The second kappa shape index (κ2) is 4.36. The van der Waals surface area contributed by atoms with E-state index in [-0.39, 0.29) is 11.6 Å². The molecule has 1 aromatic heterocycles. The van der Waals surface area contributed by atoms with Crippen LogP contribution in [0, 0.1) is 0 Å². The molecule has 0 aliphatic rings. The van der Waals surface area contributed by atoms with E-state index in [0.717, 1.165) is 10.8 Å². The Balaban J connectivity index is 2.38. The van der Waals surface area contributed by atoms with Crippen LogP contribution >= 0.6 is 15.9 Å².